The van der Waals surface area contributed by atoms with Crippen LogP contribution in [0.3, 0.4) is 0 Å². The molecule has 76 heavy (non-hydrogen) atoms. The highest BCUT2D eigenvalue weighted by atomic mass is 15.1. The quantitative estimate of drug-likeness (QED) is 0.159. The Labute approximate surface area is 439 Å². The zero-order chi connectivity index (χ0) is 49.6. The van der Waals surface area contributed by atoms with Crippen molar-refractivity contribution in [3.8, 4) is 33.4 Å². The highest BCUT2D eigenvalue weighted by molar-refractivity contribution is 6.27. The Morgan fingerprint density at radius 3 is 1.12 bits per heavy atom. The molecule has 1 heteroatoms. The van der Waals surface area contributed by atoms with Crippen LogP contribution < -0.4 is 4.90 Å². The van der Waals surface area contributed by atoms with Crippen molar-refractivity contribution in [1.29, 1.82) is 0 Å². The van der Waals surface area contributed by atoms with E-state index in [1.165, 1.54) is 142 Å². The van der Waals surface area contributed by atoms with Gasteiger partial charge in [-0.3, -0.25) is 0 Å². The van der Waals surface area contributed by atoms with Gasteiger partial charge >= 0.3 is 0 Å². The molecule has 0 atom stereocenters. The van der Waals surface area contributed by atoms with Gasteiger partial charge < -0.3 is 4.90 Å². The largest absolute Gasteiger partial charge is 0.310 e. The van der Waals surface area contributed by atoms with Crippen LogP contribution in [0.15, 0.2) is 273 Å². The van der Waals surface area contributed by atoms with Crippen molar-refractivity contribution in [3.05, 3.63) is 295 Å². The molecule has 0 saturated carbocycles. The second kappa shape index (κ2) is 15.6. The fourth-order valence-electron chi connectivity index (χ4n) is 14.2. The molecule has 0 heterocycles. The molecule has 17 rings (SSSR count). The number of hydrogen-bond acceptors (Lipinski definition) is 1. The van der Waals surface area contributed by atoms with Crippen LogP contribution in [-0.2, 0) is 5.41 Å². The fourth-order valence-corrected chi connectivity index (χ4v) is 14.2. The zero-order valence-electron chi connectivity index (χ0n) is 41.4. The molecule has 0 aliphatic heterocycles. The number of hydrogen-bond donors (Lipinski definition) is 0. The number of rotatable bonds is 4. The molecule has 0 bridgehead atoms. The van der Waals surface area contributed by atoms with Crippen LogP contribution in [0.5, 0.6) is 0 Å². The Hall–Kier alpha value is -9.82. The van der Waals surface area contributed by atoms with Gasteiger partial charge in [-0.2, -0.15) is 0 Å². The Morgan fingerprint density at radius 1 is 0.211 bits per heavy atom. The third-order valence-corrected chi connectivity index (χ3v) is 17.4. The second-order valence-corrected chi connectivity index (χ2v) is 21.0. The lowest BCUT2D eigenvalue weighted by molar-refractivity contribution is 0.794. The molecular weight excluding hydrogens is 915 g/mol. The van der Waals surface area contributed by atoms with Gasteiger partial charge in [0.25, 0.3) is 0 Å². The predicted octanol–water partition coefficient (Wildman–Crippen LogP) is 20.4. The first-order chi connectivity index (χ1) is 37.7. The Balaban J connectivity index is 1.04. The minimum Gasteiger partial charge on any atom is -0.310 e. The van der Waals surface area contributed by atoms with Crippen molar-refractivity contribution in [1.82, 2.24) is 0 Å². The molecular formula is C75H45N. The van der Waals surface area contributed by atoms with E-state index in [4.69, 9.17) is 0 Å². The lowest BCUT2D eigenvalue weighted by Gasteiger charge is -2.33. The molecule has 0 aromatic heterocycles. The standard InChI is InChI=1S/C75H45N/c1-2-18-51-46(17-1)33-34-47-35-37-49(42-65(47)51)76(50-38-40-61-57-24-6-4-20-53(57)55-22-8-10-26-59(55)68(61)43-50)74-45-73-69(64-29-13-16-32-72(64)75(73)70-30-14-11-27-62(70)63-28-12-15-31-71(63)75)44-66(74)48-36-39-60-56-23-5-3-19-52(56)54-21-7-9-25-58(54)67(60)41-48/h1-45H. The van der Waals surface area contributed by atoms with Crippen LogP contribution in [0.2, 0.25) is 0 Å². The van der Waals surface area contributed by atoms with E-state index in [1.54, 1.807) is 0 Å². The van der Waals surface area contributed by atoms with Crippen molar-refractivity contribution in [2.24, 2.45) is 0 Å². The lowest BCUT2D eigenvalue weighted by Crippen LogP contribution is -2.26. The summed E-state index contributed by atoms with van der Waals surface area (Å²) in [5, 5.41) is 20.0. The summed E-state index contributed by atoms with van der Waals surface area (Å²) in [5.74, 6) is 0. The van der Waals surface area contributed by atoms with Gasteiger partial charge in [0.2, 0.25) is 0 Å². The molecule has 0 N–H and O–H groups in total. The number of anilines is 3. The van der Waals surface area contributed by atoms with Crippen LogP contribution in [0, 0.1) is 0 Å². The molecule has 0 amide bonds. The highest BCUT2D eigenvalue weighted by Crippen LogP contribution is 2.64. The first kappa shape index (κ1) is 41.6. The van der Waals surface area contributed by atoms with Gasteiger partial charge in [-0.15, -0.1) is 0 Å². The summed E-state index contributed by atoms with van der Waals surface area (Å²) in [6, 6.07) is 103. The summed E-state index contributed by atoms with van der Waals surface area (Å²) in [7, 11) is 0. The van der Waals surface area contributed by atoms with E-state index in [2.05, 4.69) is 278 Å². The number of fused-ring (bicyclic) bond motifs is 25. The molecule has 350 valence electrons. The Morgan fingerprint density at radius 2 is 0.579 bits per heavy atom. The van der Waals surface area contributed by atoms with E-state index >= 15 is 0 Å². The Bertz CT molecular complexity index is 4900. The second-order valence-electron chi connectivity index (χ2n) is 21.0. The maximum atomic E-state index is 2.60. The molecule has 15 aromatic carbocycles. The van der Waals surface area contributed by atoms with Crippen molar-refractivity contribution < 1.29 is 0 Å². The van der Waals surface area contributed by atoms with Crippen LogP contribution in [0.4, 0.5) is 17.1 Å². The van der Waals surface area contributed by atoms with Crippen LogP contribution in [-0.4, -0.2) is 0 Å². The zero-order valence-corrected chi connectivity index (χ0v) is 41.4. The minimum absolute atomic E-state index is 0.547. The summed E-state index contributed by atoms with van der Waals surface area (Å²) in [5.41, 5.74) is 15.6. The molecule has 1 spiro atoms. The first-order valence-electron chi connectivity index (χ1n) is 26.6. The van der Waals surface area contributed by atoms with Crippen molar-refractivity contribution in [2.45, 2.75) is 5.41 Å². The van der Waals surface area contributed by atoms with E-state index in [0.29, 0.717) is 0 Å². The maximum absolute atomic E-state index is 2.60. The number of nitrogens with zero attached hydrogens (tertiary/aromatic N) is 1. The van der Waals surface area contributed by atoms with E-state index in [9.17, 15) is 0 Å². The summed E-state index contributed by atoms with van der Waals surface area (Å²) in [6.45, 7) is 0. The Kier molecular flexibility index (Phi) is 8.55. The third-order valence-electron chi connectivity index (χ3n) is 17.4. The van der Waals surface area contributed by atoms with Crippen LogP contribution in [0.25, 0.3) is 120 Å². The highest BCUT2D eigenvalue weighted by Gasteiger charge is 2.52. The van der Waals surface area contributed by atoms with Gasteiger partial charge in [0.05, 0.1) is 11.1 Å². The average molecular weight is 960 g/mol. The van der Waals surface area contributed by atoms with Gasteiger partial charge in [0.15, 0.2) is 0 Å². The topological polar surface area (TPSA) is 3.24 Å². The molecule has 0 unspecified atom stereocenters. The van der Waals surface area contributed by atoms with E-state index < -0.39 is 5.41 Å². The first-order valence-corrected chi connectivity index (χ1v) is 26.6. The van der Waals surface area contributed by atoms with E-state index in [0.717, 1.165) is 17.1 Å². The van der Waals surface area contributed by atoms with E-state index in [-0.39, 0.29) is 0 Å². The van der Waals surface area contributed by atoms with Crippen LogP contribution in [0.1, 0.15) is 22.3 Å². The molecule has 1 nitrogen and oxygen atoms in total. The molecule has 15 aromatic rings. The summed E-state index contributed by atoms with van der Waals surface area (Å²) >= 11 is 0. The third kappa shape index (κ3) is 5.58. The fraction of sp³-hybridized carbons (Fsp3) is 0.0133. The van der Waals surface area contributed by atoms with Crippen molar-refractivity contribution >= 4 is 103 Å². The summed E-state index contributed by atoms with van der Waals surface area (Å²) in [6.07, 6.45) is 0. The summed E-state index contributed by atoms with van der Waals surface area (Å²) in [4.78, 5) is 2.59. The predicted molar refractivity (Wildman–Crippen MR) is 323 cm³/mol. The minimum atomic E-state index is -0.547. The smallest absolute Gasteiger partial charge is 0.0726 e. The maximum Gasteiger partial charge on any atom is 0.0726 e. The molecule has 0 radical (unpaired) electrons. The van der Waals surface area contributed by atoms with Gasteiger partial charge in [-0.1, -0.05) is 231 Å². The lowest BCUT2D eigenvalue weighted by atomic mass is 9.70. The number of benzene rings is 15. The monoisotopic (exact) mass is 959 g/mol. The van der Waals surface area contributed by atoms with Gasteiger partial charge in [0, 0.05) is 16.9 Å². The van der Waals surface area contributed by atoms with Crippen LogP contribution >= 0.6 is 0 Å². The van der Waals surface area contributed by atoms with E-state index in [1.807, 2.05) is 0 Å². The van der Waals surface area contributed by atoms with Gasteiger partial charge in [0.1, 0.15) is 0 Å². The van der Waals surface area contributed by atoms with Crippen molar-refractivity contribution in [3.63, 3.8) is 0 Å². The molecule has 2 aliphatic carbocycles. The molecule has 0 saturated heterocycles. The SMILES string of the molecule is c1ccc2c(c1)-c1ccccc1C21c2ccccc2-c2cc(-c3ccc4c5ccccc5c5ccccc5c4c3)c(N(c3ccc4ccc5ccccc5c4c3)c3ccc4c5ccccc5c5ccccc5c4c3)cc21. The summed E-state index contributed by atoms with van der Waals surface area (Å²) < 4.78 is 0. The molecule has 0 fully saturated rings. The molecule has 2 aliphatic rings. The van der Waals surface area contributed by atoms with Gasteiger partial charge in [-0.25, -0.2) is 0 Å². The average Bonchev–Trinajstić information content (AvgIpc) is 3.92. The van der Waals surface area contributed by atoms with Gasteiger partial charge in [-0.05, 0) is 179 Å². The van der Waals surface area contributed by atoms with Crippen molar-refractivity contribution in [2.75, 3.05) is 4.90 Å². The normalized spacial score (nSPS) is 13.1.